The van der Waals surface area contributed by atoms with Crippen LogP contribution in [0.2, 0.25) is 0 Å². The monoisotopic (exact) mass is 598 g/mol. The first-order chi connectivity index (χ1) is 18.1. The number of allylic oxidation sites excluding steroid dienone is 1. The number of halogens is 1. The van der Waals surface area contributed by atoms with Gasteiger partial charge in [0.15, 0.2) is 16.3 Å². The van der Waals surface area contributed by atoms with Crippen molar-refractivity contribution in [3.63, 3.8) is 0 Å². The molecule has 0 amide bonds. The van der Waals surface area contributed by atoms with E-state index in [1.54, 1.807) is 31.2 Å². The predicted molar refractivity (Wildman–Crippen MR) is 148 cm³/mol. The molecule has 1 atom stereocenters. The molecule has 8 nitrogen and oxygen atoms in total. The normalized spacial score (nSPS) is 15.2. The van der Waals surface area contributed by atoms with Gasteiger partial charge in [-0.05, 0) is 54.3 Å². The summed E-state index contributed by atoms with van der Waals surface area (Å²) in [5, 5.41) is 0. The third-order valence-corrected chi connectivity index (χ3v) is 7.17. The Morgan fingerprint density at radius 3 is 2.61 bits per heavy atom. The Morgan fingerprint density at radius 1 is 1.18 bits per heavy atom. The lowest BCUT2D eigenvalue weighted by atomic mass is 9.95. The molecule has 3 aromatic rings. The van der Waals surface area contributed by atoms with Gasteiger partial charge in [0, 0.05) is 11.4 Å². The predicted octanol–water partition coefficient (Wildman–Crippen LogP) is 4.13. The second kappa shape index (κ2) is 11.5. The molecule has 2 aromatic carbocycles. The van der Waals surface area contributed by atoms with E-state index in [1.165, 1.54) is 29.9 Å². The molecule has 0 bridgehead atoms. The van der Waals surface area contributed by atoms with Crippen LogP contribution in [0.15, 0.2) is 68.0 Å². The van der Waals surface area contributed by atoms with E-state index in [-0.39, 0.29) is 29.4 Å². The smallest absolute Gasteiger partial charge is 0.338 e. The van der Waals surface area contributed by atoms with Crippen molar-refractivity contribution in [1.82, 2.24) is 4.57 Å². The van der Waals surface area contributed by atoms with Gasteiger partial charge in [0.1, 0.15) is 0 Å². The molecule has 38 heavy (non-hydrogen) atoms. The molecular formula is C28H27BrN2O6S. The van der Waals surface area contributed by atoms with Crippen LogP contribution in [0.25, 0.3) is 6.08 Å². The third kappa shape index (κ3) is 5.81. The molecule has 0 spiro atoms. The van der Waals surface area contributed by atoms with Crippen molar-refractivity contribution < 1.29 is 23.8 Å². The number of thiazole rings is 1. The summed E-state index contributed by atoms with van der Waals surface area (Å²) in [6, 6.07) is 11.7. The number of rotatable bonds is 7. The van der Waals surface area contributed by atoms with Crippen molar-refractivity contribution in [2.75, 3.05) is 13.7 Å². The van der Waals surface area contributed by atoms with Gasteiger partial charge in [-0.25, -0.2) is 9.79 Å². The first kappa shape index (κ1) is 27.5. The Morgan fingerprint density at radius 2 is 1.95 bits per heavy atom. The number of carbonyl (C=O) groups is 2. The second-order valence-corrected chi connectivity index (χ2v) is 11.1. The number of hydrogen-bond donors (Lipinski definition) is 0. The Balaban J connectivity index is 1.93. The Hall–Kier alpha value is -3.50. The minimum atomic E-state index is -0.823. The number of nitrogens with zero attached hydrogens (tertiary/aromatic N) is 2. The molecule has 0 fully saturated rings. The zero-order valence-corrected chi connectivity index (χ0v) is 24.0. The SMILES string of the molecule is COc1cc(C2C(C(=O)OCC(C)C)=C(C)N=c3s/c(=C/c4cccc(Br)c4)c(=O)n32)ccc1OC(C)=O. The van der Waals surface area contributed by atoms with Crippen molar-refractivity contribution in [1.29, 1.82) is 0 Å². The highest BCUT2D eigenvalue weighted by Crippen LogP contribution is 2.36. The molecule has 1 aliphatic rings. The molecule has 1 aromatic heterocycles. The first-order valence-corrected chi connectivity index (χ1v) is 13.5. The molecule has 0 N–H and O–H groups in total. The van der Waals surface area contributed by atoms with E-state index in [0.717, 1.165) is 10.0 Å². The average Bonchev–Trinajstić information content (AvgIpc) is 3.15. The summed E-state index contributed by atoms with van der Waals surface area (Å²) >= 11 is 4.71. The van der Waals surface area contributed by atoms with E-state index in [0.29, 0.717) is 26.3 Å². The summed E-state index contributed by atoms with van der Waals surface area (Å²) in [6.07, 6.45) is 1.80. The topological polar surface area (TPSA) is 96.2 Å². The van der Waals surface area contributed by atoms with E-state index in [2.05, 4.69) is 20.9 Å². The van der Waals surface area contributed by atoms with Gasteiger partial charge in [-0.15, -0.1) is 0 Å². The molecule has 0 saturated heterocycles. The fraction of sp³-hybridized carbons (Fsp3) is 0.286. The molecule has 4 rings (SSSR count). The summed E-state index contributed by atoms with van der Waals surface area (Å²) in [5.41, 5.74) is 1.86. The lowest BCUT2D eigenvalue weighted by Gasteiger charge is -2.25. The van der Waals surface area contributed by atoms with Crippen molar-refractivity contribution >= 4 is 45.3 Å². The Kier molecular flexibility index (Phi) is 8.32. The maximum absolute atomic E-state index is 13.8. The van der Waals surface area contributed by atoms with Crippen molar-refractivity contribution in [3.8, 4) is 11.5 Å². The number of fused-ring (bicyclic) bond motifs is 1. The number of benzene rings is 2. The lowest BCUT2D eigenvalue weighted by Crippen LogP contribution is -2.40. The van der Waals surface area contributed by atoms with Crippen LogP contribution in [-0.4, -0.2) is 30.2 Å². The minimum absolute atomic E-state index is 0.132. The Bertz CT molecular complexity index is 1620. The molecule has 0 saturated carbocycles. The lowest BCUT2D eigenvalue weighted by molar-refractivity contribution is -0.140. The molecule has 2 heterocycles. The van der Waals surface area contributed by atoms with E-state index < -0.39 is 18.0 Å². The van der Waals surface area contributed by atoms with Gasteiger partial charge in [0.05, 0.1) is 35.6 Å². The first-order valence-electron chi connectivity index (χ1n) is 11.9. The van der Waals surface area contributed by atoms with Crippen LogP contribution in [0.3, 0.4) is 0 Å². The summed E-state index contributed by atoms with van der Waals surface area (Å²) in [5.74, 6) is -0.388. The van der Waals surface area contributed by atoms with Gasteiger partial charge in [-0.2, -0.15) is 0 Å². The number of methoxy groups -OCH3 is 1. The van der Waals surface area contributed by atoms with Crippen molar-refractivity contribution in [2.45, 2.75) is 33.7 Å². The van der Waals surface area contributed by atoms with Gasteiger partial charge in [0.2, 0.25) is 0 Å². The van der Waals surface area contributed by atoms with Gasteiger partial charge >= 0.3 is 11.9 Å². The summed E-state index contributed by atoms with van der Waals surface area (Å²) in [4.78, 5) is 43.8. The zero-order chi connectivity index (χ0) is 27.6. The zero-order valence-electron chi connectivity index (χ0n) is 21.6. The van der Waals surface area contributed by atoms with Crippen LogP contribution in [-0.2, 0) is 14.3 Å². The van der Waals surface area contributed by atoms with Crippen LogP contribution in [0.1, 0.15) is 44.9 Å². The van der Waals surface area contributed by atoms with Crippen LogP contribution < -0.4 is 24.4 Å². The second-order valence-electron chi connectivity index (χ2n) is 9.13. The number of ether oxygens (including phenoxy) is 3. The number of hydrogen-bond acceptors (Lipinski definition) is 8. The standard InChI is InChI=1S/C28H27BrN2O6S/c1-15(2)14-36-27(34)24-16(3)30-28-31(26(33)23(38-28)12-18-7-6-8-20(29)11-18)25(24)19-9-10-21(37-17(4)32)22(13-19)35-5/h6-13,15,25H,14H2,1-5H3/b23-12+. The van der Waals surface area contributed by atoms with Gasteiger partial charge in [-0.1, -0.05) is 59.3 Å². The van der Waals surface area contributed by atoms with Crippen molar-refractivity contribution in [3.05, 3.63) is 89.0 Å². The molecule has 198 valence electrons. The van der Waals surface area contributed by atoms with E-state index in [4.69, 9.17) is 14.2 Å². The highest BCUT2D eigenvalue weighted by Gasteiger charge is 2.34. The average molecular weight is 600 g/mol. The largest absolute Gasteiger partial charge is 0.493 e. The highest BCUT2D eigenvalue weighted by molar-refractivity contribution is 9.10. The third-order valence-electron chi connectivity index (χ3n) is 5.69. The van der Waals surface area contributed by atoms with Crippen molar-refractivity contribution in [2.24, 2.45) is 10.9 Å². The summed E-state index contributed by atoms with van der Waals surface area (Å²) in [6.45, 7) is 7.15. The molecule has 1 aliphatic heterocycles. The molecule has 1 unspecified atom stereocenters. The fourth-order valence-corrected chi connectivity index (χ4v) is 5.52. The van der Waals surface area contributed by atoms with Gasteiger partial charge in [-0.3, -0.25) is 14.2 Å². The molecule has 0 radical (unpaired) electrons. The van der Waals surface area contributed by atoms with Crippen LogP contribution in [0, 0.1) is 5.92 Å². The molecular weight excluding hydrogens is 572 g/mol. The highest BCUT2D eigenvalue weighted by atomic mass is 79.9. The minimum Gasteiger partial charge on any atom is -0.493 e. The van der Waals surface area contributed by atoms with Crippen LogP contribution in [0.4, 0.5) is 0 Å². The van der Waals surface area contributed by atoms with E-state index in [1.807, 2.05) is 38.1 Å². The number of esters is 2. The Labute approximate surface area is 232 Å². The maximum Gasteiger partial charge on any atom is 0.338 e. The quantitative estimate of drug-likeness (QED) is 0.300. The number of carbonyl (C=O) groups excluding carboxylic acids is 2. The molecule has 10 heteroatoms. The van der Waals surface area contributed by atoms with E-state index >= 15 is 0 Å². The summed E-state index contributed by atoms with van der Waals surface area (Å²) in [7, 11) is 1.45. The molecule has 0 aliphatic carbocycles. The maximum atomic E-state index is 13.8. The van der Waals surface area contributed by atoms with Crippen LogP contribution >= 0.6 is 27.3 Å². The van der Waals surface area contributed by atoms with E-state index in [9.17, 15) is 14.4 Å². The number of aromatic nitrogens is 1. The van der Waals surface area contributed by atoms with Gasteiger partial charge in [0.25, 0.3) is 5.56 Å². The van der Waals surface area contributed by atoms with Crippen LogP contribution in [0.5, 0.6) is 11.5 Å². The summed E-state index contributed by atoms with van der Waals surface area (Å²) < 4.78 is 19.2. The van der Waals surface area contributed by atoms with Gasteiger partial charge < -0.3 is 14.2 Å². The fourth-order valence-electron chi connectivity index (χ4n) is 4.06.